The fourth-order valence-corrected chi connectivity index (χ4v) is 2.62. The van der Waals surface area contributed by atoms with Crippen LogP contribution in [0.3, 0.4) is 0 Å². The standard InChI is InChI=1S/C16H12N4O2/c1-20-16(17-18-19-20)12-6-11-7-13(21)2-3-14(11)15(8-12)10-4-5-22-9-10/h2-9,21H,1H3. The van der Waals surface area contributed by atoms with Gasteiger partial charge in [-0.05, 0) is 57.1 Å². The normalized spacial score (nSPS) is 11.1. The van der Waals surface area contributed by atoms with Gasteiger partial charge in [-0.1, -0.05) is 6.07 Å². The van der Waals surface area contributed by atoms with E-state index in [1.54, 1.807) is 36.4 Å². The van der Waals surface area contributed by atoms with E-state index < -0.39 is 0 Å². The maximum Gasteiger partial charge on any atom is 0.181 e. The molecule has 2 aromatic heterocycles. The molecule has 2 aromatic carbocycles. The van der Waals surface area contributed by atoms with E-state index in [1.165, 1.54) is 0 Å². The highest BCUT2D eigenvalue weighted by molar-refractivity contribution is 6.00. The third-order valence-corrected chi connectivity index (χ3v) is 3.65. The fourth-order valence-electron chi connectivity index (χ4n) is 2.62. The summed E-state index contributed by atoms with van der Waals surface area (Å²) in [4.78, 5) is 0. The predicted octanol–water partition coefficient (Wildman–Crippen LogP) is 3.00. The van der Waals surface area contributed by atoms with Crippen molar-refractivity contribution < 1.29 is 9.52 Å². The van der Waals surface area contributed by atoms with Crippen molar-refractivity contribution in [3.05, 3.63) is 48.9 Å². The second-order valence-electron chi connectivity index (χ2n) is 5.07. The van der Waals surface area contributed by atoms with Gasteiger partial charge in [-0.15, -0.1) is 5.10 Å². The number of nitrogens with zero attached hydrogens (tertiary/aromatic N) is 4. The Morgan fingerprint density at radius 1 is 1.09 bits per heavy atom. The average molecular weight is 292 g/mol. The number of phenolic OH excluding ortho intramolecular Hbond substituents is 1. The number of benzene rings is 2. The van der Waals surface area contributed by atoms with Crippen molar-refractivity contribution in [3.63, 3.8) is 0 Å². The Balaban J connectivity index is 2.06. The zero-order chi connectivity index (χ0) is 15.1. The number of phenols is 1. The number of fused-ring (bicyclic) bond motifs is 1. The molecular formula is C16H12N4O2. The maximum absolute atomic E-state index is 9.76. The molecule has 0 bridgehead atoms. The lowest BCUT2D eigenvalue weighted by Gasteiger charge is -2.09. The van der Waals surface area contributed by atoms with Crippen molar-refractivity contribution in [2.45, 2.75) is 0 Å². The third kappa shape index (κ3) is 1.93. The second-order valence-corrected chi connectivity index (χ2v) is 5.07. The second kappa shape index (κ2) is 4.70. The molecule has 0 saturated carbocycles. The molecule has 0 amide bonds. The van der Waals surface area contributed by atoms with Crippen molar-refractivity contribution >= 4 is 10.8 Å². The first kappa shape index (κ1) is 12.6. The van der Waals surface area contributed by atoms with Crippen LogP contribution in [-0.2, 0) is 7.05 Å². The Bertz CT molecular complexity index is 958. The number of furan rings is 1. The first-order chi connectivity index (χ1) is 10.7. The van der Waals surface area contributed by atoms with E-state index in [0.717, 1.165) is 27.5 Å². The largest absolute Gasteiger partial charge is 0.508 e. The van der Waals surface area contributed by atoms with Crippen molar-refractivity contribution in [1.29, 1.82) is 0 Å². The van der Waals surface area contributed by atoms with E-state index in [1.807, 2.05) is 24.3 Å². The molecular weight excluding hydrogens is 280 g/mol. The topological polar surface area (TPSA) is 77.0 Å². The van der Waals surface area contributed by atoms with Crippen LogP contribution in [0.2, 0.25) is 0 Å². The lowest BCUT2D eigenvalue weighted by Crippen LogP contribution is -1.95. The van der Waals surface area contributed by atoms with Crippen molar-refractivity contribution in [3.8, 4) is 28.3 Å². The number of rotatable bonds is 2. The molecule has 2 heterocycles. The van der Waals surface area contributed by atoms with E-state index in [-0.39, 0.29) is 5.75 Å². The third-order valence-electron chi connectivity index (χ3n) is 3.65. The molecule has 6 nitrogen and oxygen atoms in total. The number of aryl methyl sites for hydroxylation is 1. The number of tetrazole rings is 1. The number of aromatic hydroxyl groups is 1. The van der Waals surface area contributed by atoms with E-state index in [0.29, 0.717) is 5.82 Å². The molecule has 0 fully saturated rings. The summed E-state index contributed by atoms with van der Waals surface area (Å²) in [5, 5.41) is 23.3. The van der Waals surface area contributed by atoms with E-state index in [9.17, 15) is 5.11 Å². The van der Waals surface area contributed by atoms with Crippen LogP contribution in [0.5, 0.6) is 5.75 Å². The Labute approximate surface area is 125 Å². The van der Waals surface area contributed by atoms with E-state index in [2.05, 4.69) is 15.5 Å². The summed E-state index contributed by atoms with van der Waals surface area (Å²) >= 11 is 0. The molecule has 108 valence electrons. The van der Waals surface area contributed by atoms with Crippen molar-refractivity contribution in [1.82, 2.24) is 20.2 Å². The summed E-state index contributed by atoms with van der Waals surface area (Å²) in [6.07, 6.45) is 3.33. The first-order valence-corrected chi connectivity index (χ1v) is 6.74. The molecule has 0 aliphatic rings. The van der Waals surface area contributed by atoms with Crippen LogP contribution in [0, 0.1) is 0 Å². The van der Waals surface area contributed by atoms with Gasteiger partial charge in [0.2, 0.25) is 0 Å². The van der Waals surface area contributed by atoms with Gasteiger partial charge in [0.15, 0.2) is 5.82 Å². The van der Waals surface area contributed by atoms with Gasteiger partial charge >= 0.3 is 0 Å². The fraction of sp³-hybridized carbons (Fsp3) is 0.0625. The Morgan fingerprint density at radius 3 is 2.73 bits per heavy atom. The monoisotopic (exact) mass is 292 g/mol. The molecule has 0 radical (unpaired) electrons. The summed E-state index contributed by atoms with van der Waals surface area (Å²) in [5.41, 5.74) is 2.85. The van der Waals surface area contributed by atoms with Crippen LogP contribution in [0.15, 0.2) is 53.3 Å². The van der Waals surface area contributed by atoms with Gasteiger partial charge in [-0.25, -0.2) is 4.68 Å². The Kier molecular flexibility index (Phi) is 2.69. The summed E-state index contributed by atoms with van der Waals surface area (Å²) in [6, 6.07) is 11.2. The lowest BCUT2D eigenvalue weighted by molar-refractivity contribution is 0.476. The van der Waals surface area contributed by atoms with Gasteiger partial charge < -0.3 is 9.52 Å². The van der Waals surface area contributed by atoms with Gasteiger partial charge in [-0.3, -0.25) is 0 Å². The molecule has 4 rings (SSSR count). The van der Waals surface area contributed by atoms with Gasteiger partial charge in [-0.2, -0.15) is 0 Å². The number of hydrogen-bond acceptors (Lipinski definition) is 5. The summed E-state index contributed by atoms with van der Waals surface area (Å²) < 4.78 is 6.82. The van der Waals surface area contributed by atoms with Crippen LogP contribution in [0.1, 0.15) is 0 Å². The molecule has 0 atom stereocenters. The van der Waals surface area contributed by atoms with Gasteiger partial charge in [0, 0.05) is 18.2 Å². The van der Waals surface area contributed by atoms with E-state index in [4.69, 9.17) is 4.42 Å². The molecule has 0 saturated heterocycles. The quantitative estimate of drug-likeness (QED) is 0.614. The van der Waals surface area contributed by atoms with Gasteiger partial charge in [0.1, 0.15) is 5.75 Å². The highest BCUT2D eigenvalue weighted by atomic mass is 16.3. The Hall–Kier alpha value is -3.15. The SMILES string of the molecule is Cn1nnnc1-c1cc(-c2ccoc2)c2ccc(O)cc2c1. The number of hydrogen-bond donors (Lipinski definition) is 1. The molecule has 6 heteroatoms. The zero-order valence-electron chi connectivity index (χ0n) is 11.8. The summed E-state index contributed by atoms with van der Waals surface area (Å²) in [7, 11) is 1.79. The average Bonchev–Trinajstić information content (AvgIpc) is 3.17. The van der Waals surface area contributed by atoms with Crippen molar-refractivity contribution in [2.75, 3.05) is 0 Å². The molecule has 0 unspecified atom stereocenters. The van der Waals surface area contributed by atoms with Crippen LogP contribution in [-0.4, -0.2) is 25.3 Å². The minimum absolute atomic E-state index is 0.221. The zero-order valence-corrected chi connectivity index (χ0v) is 11.8. The molecule has 0 spiro atoms. The molecule has 1 N–H and O–H groups in total. The smallest absolute Gasteiger partial charge is 0.181 e. The van der Waals surface area contributed by atoms with Crippen LogP contribution in [0.25, 0.3) is 33.3 Å². The number of aromatic nitrogens is 4. The molecule has 0 aliphatic carbocycles. The first-order valence-electron chi connectivity index (χ1n) is 6.74. The van der Waals surface area contributed by atoms with Crippen LogP contribution >= 0.6 is 0 Å². The summed E-state index contributed by atoms with van der Waals surface area (Å²) in [5.74, 6) is 0.883. The highest BCUT2D eigenvalue weighted by Gasteiger charge is 2.12. The highest BCUT2D eigenvalue weighted by Crippen LogP contribution is 2.34. The lowest BCUT2D eigenvalue weighted by atomic mass is 9.96. The predicted molar refractivity (Wildman–Crippen MR) is 81.1 cm³/mol. The summed E-state index contributed by atoms with van der Waals surface area (Å²) in [6.45, 7) is 0. The minimum atomic E-state index is 0.221. The Morgan fingerprint density at radius 2 is 2.00 bits per heavy atom. The van der Waals surface area contributed by atoms with E-state index >= 15 is 0 Å². The molecule has 0 aliphatic heterocycles. The van der Waals surface area contributed by atoms with Crippen LogP contribution < -0.4 is 0 Å². The van der Waals surface area contributed by atoms with Crippen LogP contribution in [0.4, 0.5) is 0 Å². The van der Waals surface area contributed by atoms with Gasteiger partial charge in [0.05, 0.1) is 12.5 Å². The maximum atomic E-state index is 9.76. The molecule has 22 heavy (non-hydrogen) atoms. The van der Waals surface area contributed by atoms with Crippen molar-refractivity contribution in [2.24, 2.45) is 7.05 Å². The molecule has 4 aromatic rings. The minimum Gasteiger partial charge on any atom is -0.508 e. The van der Waals surface area contributed by atoms with Gasteiger partial charge in [0.25, 0.3) is 0 Å².